The number of carbonyl (C=O) groups excluding carboxylic acids is 1. The van der Waals surface area contributed by atoms with Gasteiger partial charge in [0.15, 0.2) is 0 Å². The first-order valence-electron chi connectivity index (χ1n) is 8.79. The summed E-state index contributed by atoms with van der Waals surface area (Å²) in [5.74, 6) is -0.608. The van der Waals surface area contributed by atoms with E-state index in [-0.39, 0.29) is 24.2 Å². The van der Waals surface area contributed by atoms with Crippen LogP contribution in [0.1, 0.15) is 31.7 Å². The van der Waals surface area contributed by atoms with Gasteiger partial charge in [0.2, 0.25) is 10.0 Å². The molecule has 0 aliphatic carbocycles. The molecule has 7 heteroatoms. The van der Waals surface area contributed by atoms with Crippen molar-refractivity contribution < 1.29 is 22.7 Å². The van der Waals surface area contributed by atoms with E-state index < -0.39 is 10.0 Å². The maximum Gasteiger partial charge on any atom is 0.310 e. The van der Waals surface area contributed by atoms with Crippen molar-refractivity contribution in [1.29, 1.82) is 0 Å². The van der Waals surface area contributed by atoms with Crippen LogP contribution >= 0.6 is 0 Å². The first kappa shape index (κ1) is 19.9. The molecule has 1 atom stereocenters. The molecule has 0 aromatic heterocycles. The summed E-state index contributed by atoms with van der Waals surface area (Å²) in [6.45, 7) is 3.65. The predicted molar refractivity (Wildman–Crippen MR) is 95.4 cm³/mol. The Kier molecular flexibility index (Phi) is 7.87. The average molecular weight is 369 g/mol. The van der Waals surface area contributed by atoms with Gasteiger partial charge in [-0.3, -0.25) is 4.79 Å². The molecule has 0 radical (unpaired) electrons. The number of ether oxygens (including phenoxy) is 2. The normalized spacial score (nSPS) is 18.8. The first-order chi connectivity index (χ1) is 12.0. The quantitative estimate of drug-likeness (QED) is 0.493. The van der Waals surface area contributed by atoms with Crippen LogP contribution in [-0.4, -0.2) is 50.7 Å². The van der Waals surface area contributed by atoms with E-state index >= 15 is 0 Å². The standard InChI is InChI=1S/C18H27NO5S/c1-2-24-18(20)17-10-6-11-19(14-17)25(21,22)13-7-12-23-15-16-8-4-3-5-9-16/h3-5,8-9,17H,2,6-7,10-15H2,1H3/t17-/m0/s1. The van der Waals surface area contributed by atoms with Crippen LogP contribution in [0.25, 0.3) is 0 Å². The van der Waals surface area contributed by atoms with Gasteiger partial charge >= 0.3 is 5.97 Å². The Morgan fingerprint density at radius 2 is 2.04 bits per heavy atom. The highest BCUT2D eigenvalue weighted by atomic mass is 32.2. The fourth-order valence-corrected chi connectivity index (χ4v) is 4.44. The van der Waals surface area contributed by atoms with Gasteiger partial charge in [0.1, 0.15) is 0 Å². The van der Waals surface area contributed by atoms with E-state index in [2.05, 4.69) is 0 Å². The van der Waals surface area contributed by atoms with E-state index in [1.54, 1.807) is 6.92 Å². The highest BCUT2D eigenvalue weighted by Crippen LogP contribution is 2.21. The maximum atomic E-state index is 12.5. The van der Waals surface area contributed by atoms with Crippen molar-refractivity contribution in [1.82, 2.24) is 4.31 Å². The number of hydrogen-bond donors (Lipinski definition) is 0. The van der Waals surface area contributed by atoms with Crippen molar-refractivity contribution in [3.63, 3.8) is 0 Å². The predicted octanol–water partition coefficient (Wildman–Crippen LogP) is 2.20. The number of carbonyl (C=O) groups is 1. The van der Waals surface area contributed by atoms with Gasteiger partial charge in [0.05, 0.1) is 24.9 Å². The lowest BCUT2D eigenvalue weighted by atomic mass is 10.0. The molecule has 140 valence electrons. The van der Waals surface area contributed by atoms with E-state index in [1.807, 2.05) is 30.3 Å². The molecule has 0 spiro atoms. The van der Waals surface area contributed by atoms with Crippen molar-refractivity contribution in [2.45, 2.75) is 32.8 Å². The number of esters is 1. The topological polar surface area (TPSA) is 72.9 Å². The molecule has 1 aliphatic rings. The smallest absolute Gasteiger partial charge is 0.310 e. The van der Waals surface area contributed by atoms with Crippen LogP contribution in [0.15, 0.2) is 30.3 Å². The lowest BCUT2D eigenvalue weighted by Crippen LogP contribution is -2.43. The van der Waals surface area contributed by atoms with Crippen molar-refractivity contribution in [3.05, 3.63) is 35.9 Å². The number of nitrogens with zero attached hydrogens (tertiary/aromatic N) is 1. The average Bonchev–Trinajstić information content (AvgIpc) is 2.62. The van der Waals surface area contributed by atoms with Crippen LogP contribution in [0.3, 0.4) is 0 Å². The fraction of sp³-hybridized carbons (Fsp3) is 0.611. The summed E-state index contributed by atoms with van der Waals surface area (Å²) < 4.78 is 36.9. The number of sulfonamides is 1. The van der Waals surface area contributed by atoms with E-state index in [1.165, 1.54) is 4.31 Å². The van der Waals surface area contributed by atoms with Crippen LogP contribution in [-0.2, 0) is 30.9 Å². The Morgan fingerprint density at radius 1 is 1.28 bits per heavy atom. The van der Waals surface area contributed by atoms with Gasteiger partial charge in [-0.1, -0.05) is 30.3 Å². The van der Waals surface area contributed by atoms with E-state index in [9.17, 15) is 13.2 Å². The summed E-state index contributed by atoms with van der Waals surface area (Å²) in [6.07, 6.45) is 1.81. The minimum Gasteiger partial charge on any atom is -0.466 e. The minimum absolute atomic E-state index is 0.0390. The maximum absolute atomic E-state index is 12.5. The number of hydrogen-bond acceptors (Lipinski definition) is 5. The summed E-state index contributed by atoms with van der Waals surface area (Å²) in [4.78, 5) is 11.8. The Balaban J connectivity index is 1.73. The zero-order chi connectivity index (χ0) is 18.1. The molecular weight excluding hydrogens is 342 g/mol. The van der Waals surface area contributed by atoms with Crippen LogP contribution in [0.2, 0.25) is 0 Å². The second-order valence-corrected chi connectivity index (χ2v) is 8.25. The van der Waals surface area contributed by atoms with Crippen molar-refractivity contribution >= 4 is 16.0 Å². The van der Waals surface area contributed by atoms with Gasteiger partial charge in [-0.25, -0.2) is 12.7 Å². The molecule has 0 unspecified atom stereocenters. The summed E-state index contributed by atoms with van der Waals surface area (Å²) in [7, 11) is -3.36. The number of piperidine rings is 1. The second-order valence-electron chi connectivity index (χ2n) is 6.16. The summed E-state index contributed by atoms with van der Waals surface area (Å²) in [5, 5.41) is 0. The summed E-state index contributed by atoms with van der Waals surface area (Å²) >= 11 is 0. The Morgan fingerprint density at radius 3 is 2.76 bits per heavy atom. The molecule has 1 aromatic carbocycles. The third kappa shape index (κ3) is 6.41. The molecule has 0 amide bonds. The Labute approximate surface area is 150 Å². The molecule has 6 nitrogen and oxygen atoms in total. The lowest BCUT2D eigenvalue weighted by Gasteiger charge is -2.30. The molecule has 0 bridgehead atoms. The third-order valence-corrected chi connectivity index (χ3v) is 6.12. The Hall–Kier alpha value is -1.44. The largest absolute Gasteiger partial charge is 0.466 e. The molecule has 1 heterocycles. The van der Waals surface area contributed by atoms with Crippen molar-refractivity contribution in [2.24, 2.45) is 5.92 Å². The number of benzene rings is 1. The van der Waals surface area contributed by atoms with Crippen LogP contribution in [0, 0.1) is 5.92 Å². The molecule has 1 fully saturated rings. The first-order valence-corrected chi connectivity index (χ1v) is 10.4. The molecule has 1 saturated heterocycles. The second kappa shape index (κ2) is 9.89. The van der Waals surface area contributed by atoms with E-state index in [0.29, 0.717) is 45.6 Å². The van der Waals surface area contributed by atoms with Gasteiger partial charge in [-0.05, 0) is 31.7 Å². The van der Waals surface area contributed by atoms with Gasteiger partial charge in [-0.15, -0.1) is 0 Å². The highest BCUT2D eigenvalue weighted by Gasteiger charge is 2.32. The van der Waals surface area contributed by atoms with Crippen LogP contribution in [0.4, 0.5) is 0 Å². The van der Waals surface area contributed by atoms with Gasteiger partial charge in [-0.2, -0.15) is 0 Å². The van der Waals surface area contributed by atoms with Crippen LogP contribution in [0.5, 0.6) is 0 Å². The fourth-order valence-electron chi connectivity index (χ4n) is 2.88. The van der Waals surface area contributed by atoms with Gasteiger partial charge < -0.3 is 9.47 Å². The minimum atomic E-state index is -3.36. The van der Waals surface area contributed by atoms with Crippen LogP contribution < -0.4 is 0 Å². The van der Waals surface area contributed by atoms with E-state index in [4.69, 9.17) is 9.47 Å². The van der Waals surface area contributed by atoms with Crippen molar-refractivity contribution in [3.8, 4) is 0 Å². The van der Waals surface area contributed by atoms with E-state index in [0.717, 1.165) is 5.56 Å². The highest BCUT2D eigenvalue weighted by molar-refractivity contribution is 7.89. The molecule has 25 heavy (non-hydrogen) atoms. The molecule has 1 aromatic rings. The molecular formula is C18H27NO5S. The van der Waals surface area contributed by atoms with Gasteiger partial charge in [0, 0.05) is 19.7 Å². The zero-order valence-corrected chi connectivity index (χ0v) is 15.5. The number of rotatable bonds is 9. The third-order valence-electron chi connectivity index (χ3n) is 4.20. The molecule has 0 saturated carbocycles. The monoisotopic (exact) mass is 369 g/mol. The lowest BCUT2D eigenvalue weighted by molar-refractivity contribution is -0.149. The summed E-state index contributed by atoms with van der Waals surface area (Å²) in [6, 6.07) is 9.77. The summed E-state index contributed by atoms with van der Waals surface area (Å²) in [5.41, 5.74) is 1.07. The molecule has 2 rings (SSSR count). The molecule has 1 aliphatic heterocycles. The Bertz CT molecular complexity index is 632. The van der Waals surface area contributed by atoms with Gasteiger partial charge in [0.25, 0.3) is 0 Å². The van der Waals surface area contributed by atoms with Crippen molar-refractivity contribution in [2.75, 3.05) is 32.1 Å². The SMILES string of the molecule is CCOC(=O)[C@H]1CCCN(S(=O)(=O)CCCOCc2ccccc2)C1. The molecule has 0 N–H and O–H groups in total. The zero-order valence-electron chi connectivity index (χ0n) is 14.7.